The average Bonchev–Trinajstić information content (AvgIpc) is 2.40. The Morgan fingerprint density at radius 2 is 1.95 bits per heavy atom. The number of hydrogen-bond donors (Lipinski definition) is 1. The van der Waals surface area contributed by atoms with Crippen molar-refractivity contribution in [1.82, 2.24) is 10.2 Å². The zero-order valence-electron chi connectivity index (χ0n) is 12.6. The molecule has 1 heterocycles. The van der Waals surface area contributed by atoms with E-state index in [0.717, 1.165) is 6.54 Å². The van der Waals surface area contributed by atoms with Gasteiger partial charge in [-0.3, -0.25) is 4.90 Å². The molecule has 0 aliphatic carbocycles. The van der Waals surface area contributed by atoms with Crippen LogP contribution in [0.15, 0.2) is 30.3 Å². The van der Waals surface area contributed by atoms with Crippen LogP contribution in [-0.2, 0) is 6.54 Å². The third-order valence-electron chi connectivity index (χ3n) is 4.25. The molecule has 0 saturated carbocycles. The molecule has 2 nitrogen and oxygen atoms in total. The number of nitrogens with one attached hydrogen (secondary N) is 1. The van der Waals surface area contributed by atoms with Gasteiger partial charge in [-0.1, -0.05) is 44.2 Å². The fraction of sp³-hybridized carbons (Fsp3) is 0.647. The van der Waals surface area contributed by atoms with Crippen LogP contribution >= 0.6 is 0 Å². The van der Waals surface area contributed by atoms with E-state index in [2.05, 4.69) is 61.3 Å². The molecule has 0 bridgehead atoms. The molecule has 0 spiro atoms. The molecule has 1 aromatic carbocycles. The fourth-order valence-electron chi connectivity index (χ4n) is 2.74. The minimum Gasteiger partial charge on any atom is -0.310 e. The van der Waals surface area contributed by atoms with Crippen LogP contribution in [0.5, 0.6) is 0 Å². The normalized spacial score (nSPS) is 22.6. The van der Waals surface area contributed by atoms with Crippen molar-refractivity contribution in [2.45, 2.75) is 52.2 Å². The van der Waals surface area contributed by atoms with Gasteiger partial charge in [0.25, 0.3) is 0 Å². The lowest BCUT2D eigenvalue weighted by molar-refractivity contribution is 0.171. The van der Waals surface area contributed by atoms with Gasteiger partial charge in [-0.15, -0.1) is 0 Å². The standard InChI is InChI=1S/C17H28N2/c1-14(2)15(3)18-17-10-7-11-19(13-17)12-16-8-5-4-6-9-16/h4-6,8-9,14-15,17-18H,7,10-13H2,1-3H3. The van der Waals surface area contributed by atoms with Gasteiger partial charge in [0, 0.05) is 25.2 Å². The quantitative estimate of drug-likeness (QED) is 0.874. The molecule has 1 aliphatic rings. The first kappa shape index (κ1) is 14.5. The largest absolute Gasteiger partial charge is 0.310 e. The smallest absolute Gasteiger partial charge is 0.0234 e. The van der Waals surface area contributed by atoms with Crippen LogP contribution < -0.4 is 5.32 Å². The number of piperidine rings is 1. The van der Waals surface area contributed by atoms with Gasteiger partial charge < -0.3 is 5.32 Å². The molecule has 1 N–H and O–H groups in total. The molecule has 1 saturated heterocycles. The van der Waals surface area contributed by atoms with E-state index in [4.69, 9.17) is 0 Å². The number of rotatable bonds is 5. The summed E-state index contributed by atoms with van der Waals surface area (Å²) in [6.07, 6.45) is 2.64. The molecule has 2 heteroatoms. The first-order valence-electron chi connectivity index (χ1n) is 7.67. The summed E-state index contributed by atoms with van der Waals surface area (Å²) in [7, 11) is 0. The maximum Gasteiger partial charge on any atom is 0.0234 e. The zero-order valence-corrected chi connectivity index (χ0v) is 12.6. The predicted octanol–water partition coefficient (Wildman–Crippen LogP) is 3.29. The summed E-state index contributed by atoms with van der Waals surface area (Å²) in [4.78, 5) is 2.59. The monoisotopic (exact) mass is 260 g/mol. The number of hydrogen-bond acceptors (Lipinski definition) is 2. The van der Waals surface area contributed by atoms with Crippen LogP contribution in [0.4, 0.5) is 0 Å². The van der Waals surface area contributed by atoms with E-state index < -0.39 is 0 Å². The van der Waals surface area contributed by atoms with Crippen molar-refractivity contribution in [3.63, 3.8) is 0 Å². The lowest BCUT2D eigenvalue weighted by atomic mass is 10.0. The Morgan fingerprint density at radius 3 is 2.63 bits per heavy atom. The van der Waals surface area contributed by atoms with Crippen molar-refractivity contribution >= 4 is 0 Å². The second kappa shape index (κ2) is 7.06. The highest BCUT2D eigenvalue weighted by Crippen LogP contribution is 2.15. The van der Waals surface area contributed by atoms with Crippen molar-refractivity contribution in [2.24, 2.45) is 5.92 Å². The summed E-state index contributed by atoms with van der Waals surface area (Å²) in [6, 6.07) is 12.1. The fourth-order valence-corrected chi connectivity index (χ4v) is 2.74. The molecule has 0 amide bonds. The Hall–Kier alpha value is -0.860. The molecule has 2 rings (SSSR count). The van der Waals surface area contributed by atoms with Crippen LogP contribution in [0.25, 0.3) is 0 Å². The average molecular weight is 260 g/mol. The molecular weight excluding hydrogens is 232 g/mol. The number of benzene rings is 1. The summed E-state index contributed by atoms with van der Waals surface area (Å²) in [6.45, 7) is 10.4. The van der Waals surface area contributed by atoms with E-state index in [0.29, 0.717) is 18.0 Å². The van der Waals surface area contributed by atoms with Gasteiger partial charge in [-0.2, -0.15) is 0 Å². The summed E-state index contributed by atoms with van der Waals surface area (Å²) < 4.78 is 0. The molecule has 19 heavy (non-hydrogen) atoms. The molecule has 1 aromatic rings. The van der Waals surface area contributed by atoms with Gasteiger partial charge in [-0.25, -0.2) is 0 Å². The minimum absolute atomic E-state index is 0.613. The Labute approximate surface area is 118 Å². The Kier molecular flexibility index (Phi) is 5.41. The van der Waals surface area contributed by atoms with Gasteiger partial charge >= 0.3 is 0 Å². The first-order valence-corrected chi connectivity index (χ1v) is 7.67. The van der Waals surface area contributed by atoms with E-state index in [9.17, 15) is 0 Å². The van der Waals surface area contributed by atoms with E-state index >= 15 is 0 Å². The maximum atomic E-state index is 3.79. The van der Waals surface area contributed by atoms with Gasteiger partial charge in [-0.05, 0) is 37.8 Å². The Balaban J connectivity index is 1.83. The molecule has 1 fully saturated rings. The van der Waals surface area contributed by atoms with E-state index in [1.54, 1.807) is 0 Å². The lowest BCUT2D eigenvalue weighted by Gasteiger charge is -2.35. The molecule has 1 aliphatic heterocycles. The molecule has 106 valence electrons. The van der Waals surface area contributed by atoms with Crippen LogP contribution in [0.1, 0.15) is 39.2 Å². The van der Waals surface area contributed by atoms with Crippen molar-refractivity contribution in [3.8, 4) is 0 Å². The van der Waals surface area contributed by atoms with Crippen molar-refractivity contribution < 1.29 is 0 Å². The Bertz CT molecular complexity index is 361. The topological polar surface area (TPSA) is 15.3 Å². The maximum absolute atomic E-state index is 3.79. The predicted molar refractivity (Wildman–Crippen MR) is 82.2 cm³/mol. The van der Waals surface area contributed by atoms with Crippen LogP contribution in [0.2, 0.25) is 0 Å². The van der Waals surface area contributed by atoms with Gasteiger partial charge in [0.1, 0.15) is 0 Å². The second-order valence-corrected chi connectivity index (χ2v) is 6.26. The summed E-state index contributed by atoms with van der Waals surface area (Å²) >= 11 is 0. The summed E-state index contributed by atoms with van der Waals surface area (Å²) in [5.74, 6) is 0.712. The van der Waals surface area contributed by atoms with Crippen LogP contribution in [0.3, 0.4) is 0 Å². The lowest BCUT2D eigenvalue weighted by Crippen LogP contribution is -2.49. The van der Waals surface area contributed by atoms with Crippen molar-refractivity contribution in [2.75, 3.05) is 13.1 Å². The van der Waals surface area contributed by atoms with Crippen molar-refractivity contribution in [1.29, 1.82) is 0 Å². The molecule has 2 atom stereocenters. The highest BCUT2D eigenvalue weighted by Gasteiger charge is 2.21. The van der Waals surface area contributed by atoms with Crippen LogP contribution in [-0.4, -0.2) is 30.1 Å². The third-order valence-corrected chi connectivity index (χ3v) is 4.25. The minimum atomic E-state index is 0.613. The molecule has 2 unspecified atom stereocenters. The van der Waals surface area contributed by atoms with E-state index in [1.807, 2.05) is 0 Å². The molecule has 0 aromatic heterocycles. The van der Waals surface area contributed by atoms with Crippen LogP contribution in [0, 0.1) is 5.92 Å². The zero-order chi connectivity index (χ0) is 13.7. The number of likely N-dealkylation sites (tertiary alicyclic amines) is 1. The SMILES string of the molecule is CC(C)C(C)NC1CCCN(Cc2ccccc2)C1. The van der Waals surface area contributed by atoms with Gasteiger partial charge in [0.2, 0.25) is 0 Å². The summed E-state index contributed by atoms with van der Waals surface area (Å²) in [5, 5.41) is 3.79. The Morgan fingerprint density at radius 1 is 1.21 bits per heavy atom. The van der Waals surface area contributed by atoms with Gasteiger partial charge in [0.15, 0.2) is 0 Å². The molecular formula is C17H28N2. The van der Waals surface area contributed by atoms with E-state index in [-0.39, 0.29) is 0 Å². The second-order valence-electron chi connectivity index (χ2n) is 6.26. The first-order chi connectivity index (χ1) is 9.15. The highest BCUT2D eigenvalue weighted by molar-refractivity contribution is 5.14. The number of nitrogens with zero attached hydrogens (tertiary/aromatic N) is 1. The third kappa shape index (κ3) is 4.63. The molecule has 0 radical (unpaired) electrons. The summed E-state index contributed by atoms with van der Waals surface area (Å²) in [5.41, 5.74) is 1.43. The van der Waals surface area contributed by atoms with Gasteiger partial charge in [0.05, 0.1) is 0 Å². The van der Waals surface area contributed by atoms with E-state index in [1.165, 1.54) is 31.5 Å². The highest BCUT2D eigenvalue weighted by atomic mass is 15.2. The van der Waals surface area contributed by atoms with Crippen molar-refractivity contribution in [3.05, 3.63) is 35.9 Å².